The summed E-state index contributed by atoms with van der Waals surface area (Å²) in [6.45, 7) is 1.98. The number of amides is 1. The minimum atomic E-state index is -0.0291. The minimum absolute atomic E-state index is 0.0291. The van der Waals surface area contributed by atoms with Gasteiger partial charge in [-0.15, -0.1) is 0 Å². The summed E-state index contributed by atoms with van der Waals surface area (Å²) in [5.41, 5.74) is 4.06. The summed E-state index contributed by atoms with van der Waals surface area (Å²) in [5.74, 6) is 0.298. The zero-order chi connectivity index (χ0) is 16.9. The molecular formula is C19H19N3OS. The number of aryl methyl sites for hydroxylation is 1. The summed E-state index contributed by atoms with van der Waals surface area (Å²) in [5, 5.41) is 3.77. The standard InChI is InChI=1S/C19H19N3OS/c1-14-8-6-7-11-16(14)21-18(23)13-24-19-20-12-17(22(19)2)15-9-4-3-5-10-15/h3-12H,13H2,1-2H3,(H,21,23). The molecular weight excluding hydrogens is 318 g/mol. The van der Waals surface area contributed by atoms with E-state index < -0.39 is 0 Å². The molecule has 3 rings (SSSR count). The Morgan fingerprint density at radius 1 is 1.12 bits per heavy atom. The monoisotopic (exact) mass is 337 g/mol. The van der Waals surface area contributed by atoms with Crippen LogP contribution < -0.4 is 5.32 Å². The second kappa shape index (κ2) is 7.36. The summed E-state index contributed by atoms with van der Waals surface area (Å²) in [6.07, 6.45) is 1.84. The molecule has 0 aliphatic carbocycles. The molecule has 0 atom stereocenters. The van der Waals surface area contributed by atoms with Gasteiger partial charge in [0, 0.05) is 12.7 Å². The Kier molecular flexibility index (Phi) is 5.01. The van der Waals surface area contributed by atoms with Gasteiger partial charge in [-0.25, -0.2) is 4.98 Å². The van der Waals surface area contributed by atoms with Crippen molar-refractivity contribution in [3.05, 3.63) is 66.4 Å². The number of nitrogens with one attached hydrogen (secondary N) is 1. The highest BCUT2D eigenvalue weighted by Crippen LogP contribution is 2.24. The van der Waals surface area contributed by atoms with Gasteiger partial charge >= 0.3 is 0 Å². The first-order valence-electron chi connectivity index (χ1n) is 7.70. The molecule has 0 radical (unpaired) electrons. The average Bonchev–Trinajstić information content (AvgIpc) is 2.97. The van der Waals surface area contributed by atoms with Gasteiger partial charge in [0.25, 0.3) is 0 Å². The lowest BCUT2D eigenvalue weighted by Gasteiger charge is -2.08. The van der Waals surface area contributed by atoms with Crippen LogP contribution in [-0.4, -0.2) is 21.2 Å². The summed E-state index contributed by atoms with van der Waals surface area (Å²) in [4.78, 5) is 16.6. The number of rotatable bonds is 5. The normalized spacial score (nSPS) is 10.6. The van der Waals surface area contributed by atoms with Crippen LogP contribution in [0.5, 0.6) is 0 Å². The molecule has 3 aromatic rings. The predicted molar refractivity (Wildman–Crippen MR) is 99.2 cm³/mol. The first-order valence-corrected chi connectivity index (χ1v) is 8.69. The minimum Gasteiger partial charge on any atom is -0.325 e. The molecule has 122 valence electrons. The van der Waals surface area contributed by atoms with Gasteiger partial charge in [0.15, 0.2) is 5.16 Å². The molecule has 1 aromatic heterocycles. The van der Waals surface area contributed by atoms with Gasteiger partial charge in [-0.05, 0) is 24.1 Å². The van der Waals surface area contributed by atoms with E-state index >= 15 is 0 Å². The van der Waals surface area contributed by atoms with E-state index in [-0.39, 0.29) is 5.91 Å². The number of hydrogen-bond acceptors (Lipinski definition) is 3. The average molecular weight is 337 g/mol. The molecule has 0 spiro atoms. The Morgan fingerprint density at radius 2 is 1.83 bits per heavy atom. The zero-order valence-electron chi connectivity index (χ0n) is 13.7. The lowest BCUT2D eigenvalue weighted by atomic mass is 10.2. The maximum atomic E-state index is 12.2. The van der Waals surface area contributed by atoms with E-state index in [0.717, 1.165) is 27.7 Å². The number of carbonyl (C=O) groups excluding carboxylic acids is 1. The highest BCUT2D eigenvalue weighted by molar-refractivity contribution is 7.99. The van der Waals surface area contributed by atoms with E-state index in [1.54, 1.807) is 0 Å². The molecule has 1 amide bonds. The molecule has 5 heteroatoms. The fourth-order valence-electron chi connectivity index (χ4n) is 2.43. The molecule has 4 nitrogen and oxygen atoms in total. The summed E-state index contributed by atoms with van der Waals surface area (Å²) >= 11 is 1.44. The third-order valence-electron chi connectivity index (χ3n) is 3.77. The van der Waals surface area contributed by atoms with Crippen LogP contribution in [0.2, 0.25) is 0 Å². The molecule has 2 aromatic carbocycles. The number of anilines is 1. The summed E-state index contributed by atoms with van der Waals surface area (Å²) in [7, 11) is 1.97. The third kappa shape index (κ3) is 3.68. The van der Waals surface area contributed by atoms with Gasteiger partial charge < -0.3 is 9.88 Å². The SMILES string of the molecule is Cc1ccccc1NC(=O)CSc1ncc(-c2ccccc2)n1C. The molecule has 0 aliphatic rings. The van der Waals surface area contributed by atoms with Gasteiger partial charge in [0.05, 0.1) is 17.6 Å². The molecule has 0 saturated carbocycles. The van der Waals surface area contributed by atoms with Crippen LogP contribution in [0.25, 0.3) is 11.3 Å². The second-order valence-electron chi connectivity index (χ2n) is 5.50. The molecule has 0 bridgehead atoms. The Labute approximate surface area is 145 Å². The van der Waals surface area contributed by atoms with Crippen molar-refractivity contribution in [2.24, 2.45) is 7.05 Å². The van der Waals surface area contributed by atoms with Crippen molar-refractivity contribution in [2.75, 3.05) is 11.1 Å². The van der Waals surface area contributed by atoms with Crippen molar-refractivity contribution in [3.8, 4) is 11.3 Å². The highest BCUT2D eigenvalue weighted by atomic mass is 32.2. The lowest BCUT2D eigenvalue weighted by Crippen LogP contribution is -2.15. The molecule has 1 heterocycles. The van der Waals surface area contributed by atoms with Crippen LogP contribution in [0.3, 0.4) is 0 Å². The number of nitrogens with zero attached hydrogens (tertiary/aromatic N) is 2. The lowest BCUT2D eigenvalue weighted by molar-refractivity contribution is -0.113. The van der Waals surface area contributed by atoms with Crippen molar-refractivity contribution >= 4 is 23.4 Å². The molecule has 0 unspecified atom stereocenters. The Balaban J connectivity index is 1.64. The van der Waals surface area contributed by atoms with E-state index in [0.29, 0.717) is 5.75 Å². The number of benzene rings is 2. The largest absolute Gasteiger partial charge is 0.325 e. The predicted octanol–water partition coefficient (Wildman–Crippen LogP) is 4.13. The van der Waals surface area contributed by atoms with Crippen LogP contribution in [0, 0.1) is 6.92 Å². The number of carbonyl (C=O) groups is 1. The second-order valence-corrected chi connectivity index (χ2v) is 6.45. The number of imidazole rings is 1. The Bertz CT molecular complexity index is 843. The van der Waals surface area contributed by atoms with Crippen molar-refractivity contribution in [1.82, 2.24) is 9.55 Å². The van der Waals surface area contributed by atoms with Crippen molar-refractivity contribution in [2.45, 2.75) is 12.1 Å². The first kappa shape index (κ1) is 16.3. The van der Waals surface area contributed by atoms with Crippen LogP contribution in [-0.2, 0) is 11.8 Å². The number of para-hydroxylation sites is 1. The highest BCUT2D eigenvalue weighted by Gasteiger charge is 2.11. The van der Waals surface area contributed by atoms with E-state index in [1.165, 1.54) is 11.8 Å². The Hall–Kier alpha value is -2.53. The van der Waals surface area contributed by atoms with Crippen molar-refractivity contribution in [3.63, 3.8) is 0 Å². The van der Waals surface area contributed by atoms with E-state index in [9.17, 15) is 4.79 Å². The summed E-state index contributed by atoms with van der Waals surface area (Å²) in [6, 6.07) is 17.9. The molecule has 0 aliphatic heterocycles. The number of thioether (sulfide) groups is 1. The third-order valence-corrected chi connectivity index (χ3v) is 4.81. The zero-order valence-corrected chi connectivity index (χ0v) is 14.5. The Morgan fingerprint density at radius 3 is 2.58 bits per heavy atom. The molecule has 0 saturated heterocycles. The van der Waals surface area contributed by atoms with E-state index in [2.05, 4.69) is 22.4 Å². The van der Waals surface area contributed by atoms with Gasteiger partial charge in [-0.3, -0.25) is 4.79 Å². The van der Waals surface area contributed by atoms with Gasteiger partial charge in [0.1, 0.15) is 0 Å². The van der Waals surface area contributed by atoms with Crippen LogP contribution in [0.4, 0.5) is 5.69 Å². The van der Waals surface area contributed by atoms with Crippen LogP contribution in [0.1, 0.15) is 5.56 Å². The molecule has 1 N–H and O–H groups in total. The molecule has 24 heavy (non-hydrogen) atoms. The smallest absolute Gasteiger partial charge is 0.234 e. The number of aromatic nitrogens is 2. The van der Waals surface area contributed by atoms with Crippen molar-refractivity contribution < 1.29 is 4.79 Å². The summed E-state index contributed by atoms with van der Waals surface area (Å²) < 4.78 is 2.01. The maximum absolute atomic E-state index is 12.2. The van der Waals surface area contributed by atoms with Crippen LogP contribution in [0.15, 0.2) is 66.0 Å². The van der Waals surface area contributed by atoms with Gasteiger partial charge in [0.2, 0.25) is 5.91 Å². The fraction of sp³-hybridized carbons (Fsp3) is 0.158. The van der Waals surface area contributed by atoms with Gasteiger partial charge in [-0.1, -0.05) is 60.3 Å². The van der Waals surface area contributed by atoms with Crippen molar-refractivity contribution in [1.29, 1.82) is 0 Å². The van der Waals surface area contributed by atoms with E-state index in [1.807, 2.05) is 67.2 Å². The maximum Gasteiger partial charge on any atom is 0.234 e. The number of hydrogen-bond donors (Lipinski definition) is 1. The quantitative estimate of drug-likeness (QED) is 0.712. The van der Waals surface area contributed by atoms with Gasteiger partial charge in [-0.2, -0.15) is 0 Å². The van der Waals surface area contributed by atoms with E-state index in [4.69, 9.17) is 0 Å². The fourth-order valence-corrected chi connectivity index (χ4v) is 3.18. The topological polar surface area (TPSA) is 46.9 Å². The first-order chi connectivity index (χ1) is 11.6. The molecule has 0 fully saturated rings. The van der Waals surface area contributed by atoms with Crippen LogP contribution >= 0.6 is 11.8 Å².